The van der Waals surface area contributed by atoms with Gasteiger partial charge >= 0.3 is 5.69 Å². The van der Waals surface area contributed by atoms with E-state index in [2.05, 4.69) is 18.8 Å². The minimum absolute atomic E-state index is 0.0319. The Bertz CT molecular complexity index is 485. The van der Waals surface area contributed by atoms with Gasteiger partial charge in [0.05, 0.1) is 4.92 Å². The number of rotatable bonds is 3. The van der Waals surface area contributed by atoms with Gasteiger partial charge in [0.1, 0.15) is 5.15 Å². The summed E-state index contributed by atoms with van der Waals surface area (Å²) in [6, 6.07) is 2.89. The van der Waals surface area contributed by atoms with Crippen molar-refractivity contribution in [3.8, 4) is 0 Å². The van der Waals surface area contributed by atoms with Gasteiger partial charge in [-0.05, 0) is 24.3 Å². The van der Waals surface area contributed by atoms with Gasteiger partial charge in [0.15, 0.2) is 0 Å². The zero-order valence-electron chi connectivity index (χ0n) is 11.2. The summed E-state index contributed by atoms with van der Waals surface area (Å²) in [4.78, 5) is 16.8. The van der Waals surface area contributed by atoms with E-state index in [9.17, 15) is 10.1 Å². The Balaban J connectivity index is 2.24. The molecule has 2 heterocycles. The lowest BCUT2D eigenvalue weighted by Gasteiger charge is -2.39. The van der Waals surface area contributed by atoms with Gasteiger partial charge in [-0.3, -0.25) is 10.1 Å². The van der Waals surface area contributed by atoms with E-state index < -0.39 is 4.92 Å². The molecule has 104 valence electrons. The second-order valence-corrected chi connectivity index (χ2v) is 5.77. The predicted molar refractivity (Wildman–Crippen MR) is 75.7 cm³/mol. The van der Waals surface area contributed by atoms with Gasteiger partial charge in [-0.2, -0.15) is 0 Å². The first-order valence-corrected chi connectivity index (χ1v) is 6.89. The third kappa shape index (κ3) is 2.97. The van der Waals surface area contributed by atoms with Crippen LogP contribution in [0, 0.1) is 15.5 Å². The third-order valence-electron chi connectivity index (χ3n) is 4.14. The van der Waals surface area contributed by atoms with Crippen LogP contribution in [0.4, 0.5) is 11.5 Å². The molecule has 1 aromatic heterocycles. The number of aromatic nitrogens is 1. The predicted octanol–water partition coefficient (Wildman–Crippen LogP) is 3.66. The first-order valence-electron chi connectivity index (χ1n) is 6.51. The Morgan fingerprint density at radius 3 is 2.63 bits per heavy atom. The molecule has 0 N–H and O–H groups in total. The summed E-state index contributed by atoms with van der Waals surface area (Å²) >= 11 is 5.86. The summed E-state index contributed by atoms with van der Waals surface area (Å²) in [5.74, 6) is 0.399. The molecule has 1 aliphatic rings. The number of halogens is 1. The molecule has 6 heteroatoms. The van der Waals surface area contributed by atoms with E-state index in [1.165, 1.54) is 12.1 Å². The highest BCUT2D eigenvalue weighted by atomic mass is 35.5. The van der Waals surface area contributed by atoms with Crippen LogP contribution in [0.1, 0.15) is 33.1 Å². The van der Waals surface area contributed by atoms with E-state index in [0.29, 0.717) is 16.4 Å². The van der Waals surface area contributed by atoms with E-state index in [1.807, 2.05) is 4.90 Å². The van der Waals surface area contributed by atoms with Crippen molar-refractivity contribution in [3.63, 3.8) is 0 Å². The van der Waals surface area contributed by atoms with Crippen molar-refractivity contribution in [1.29, 1.82) is 0 Å². The van der Waals surface area contributed by atoms with Crippen LogP contribution in [0.25, 0.3) is 0 Å². The van der Waals surface area contributed by atoms with Crippen molar-refractivity contribution >= 4 is 23.1 Å². The van der Waals surface area contributed by atoms with Crippen LogP contribution < -0.4 is 4.90 Å². The largest absolute Gasteiger partial charge is 0.351 e. The smallest absolute Gasteiger partial charge is 0.311 e. The lowest BCUT2D eigenvalue weighted by molar-refractivity contribution is -0.384. The fourth-order valence-electron chi connectivity index (χ4n) is 2.41. The monoisotopic (exact) mass is 283 g/mol. The van der Waals surface area contributed by atoms with Crippen LogP contribution in [-0.4, -0.2) is 23.0 Å². The van der Waals surface area contributed by atoms with Crippen molar-refractivity contribution < 1.29 is 4.92 Å². The van der Waals surface area contributed by atoms with Gasteiger partial charge in [-0.25, -0.2) is 4.98 Å². The number of hydrogen-bond donors (Lipinski definition) is 0. The minimum atomic E-state index is -0.397. The van der Waals surface area contributed by atoms with Crippen LogP contribution in [0.2, 0.25) is 5.15 Å². The number of piperidine rings is 1. The van der Waals surface area contributed by atoms with Crippen molar-refractivity contribution in [3.05, 3.63) is 27.4 Å². The second kappa shape index (κ2) is 5.33. The molecule has 1 aliphatic heterocycles. The molecule has 0 aromatic carbocycles. The maximum atomic E-state index is 11.1. The molecule has 0 unspecified atom stereocenters. The first-order chi connectivity index (χ1) is 8.95. The molecule has 0 bridgehead atoms. The third-order valence-corrected chi connectivity index (χ3v) is 4.35. The Hall–Kier alpha value is -1.36. The zero-order valence-corrected chi connectivity index (χ0v) is 12.0. The normalized spacial score (nSPS) is 18.4. The standard InChI is InChI=1S/C13H18ClN3O2/c1-3-13(2)6-8-16(9-7-13)12-10(17(18)19)4-5-11(14)15-12/h4-5H,3,6-9H2,1-2H3. The van der Waals surface area contributed by atoms with Crippen LogP contribution in [0.3, 0.4) is 0 Å². The Morgan fingerprint density at radius 2 is 2.11 bits per heavy atom. The molecule has 1 aromatic rings. The Kier molecular flexibility index (Phi) is 3.94. The van der Waals surface area contributed by atoms with E-state index in [0.717, 1.165) is 32.4 Å². The summed E-state index contributed by atoms with van der Waals surface area (Å²) in [7, 11) is 0. The van der Waals surface area contributed by atoms with Crippen molar-refractivity contribution in [2.24, 2.45) is 5.41 Å². The number of nitro groups is 1. The van der Waals surface area contributed by atoms with E-state index in [4.69, 9.17) is 11.6 Å². The average Bonchev–Trinajstić information content (AvgIpc) is 2.39. The second-order valence-electron chi connectivity index (χ2n) is 5.39. The Labute approximate surface area is 117 Å². The van der Waals surface area contributed by atoms with Crippen molar-refractivity contribution in [2.45, 2.75) is 33.1 Å². The summed E-state index contributed by atoms with van der Waals surface area (Å²) in [5, 5.41) is 11.4. The molecule has 1 saturated heterocycles. The maximum Gasteiger partial charge on any atom is 0.311 e. The summed E-state index contributed by atoms with van der Waals surface area (Å²) in [5.41, 5.74) is 0.369. The molecule has 1 fully saturated rings. The van der Waals surface area contributed by atoms with Gasteiger partial charge in [-0.1, -0.05) is 31.9 Å². The average molecular weight is 284 g/mol. The van der Waals surface area contributed by atoms with E-state index in [1.54, 1.807) is 0 Å². The fraction of sp³-hybridized carbons (Fsp3) is 0.615. The van der Waals surface area contributed by atoms with Crippen molar-refractivity contribution in [2.75, 3.05) is 18.0 Å². The molecule has 2 rings (SSSR count). The number of nitrogens with zero attached hydrogens (tertiary/aromatic N) is 3. The highest BCUT2D eigenvalue weighted by Crippen LogP contribution is 2.37. The molecule has 0 atom stereocenters. The molecule has 0 radical (unpaired) electrons. The van der Waals surface area contributed by atoms with Crippen LogP contribution in [0.15, 0.2) is 12.1 Å². The van der Waals surface area contributed by atoms with Gasteiger partial charge in [0, 0.05) is 19.2 Å². The van der Waals surface area contributed by atoms with Crippen LogP contribution in [0.5, 0.6) is 0 Å². The topological polar surface area (TPSA) is 59.3 Å². The SMILES string of the molecule is CCC1(C)CCN(c2nc(Cl)ccc2[N+](=O)[O-])CC1. The Morgan fingerprint density at radius 1 is 1.47 bits per heavy atom. The number of anilines is 1. The highest BCUT2D eigenvalue weighted by molar-refractivity contribution is 6.29. The number of pyridine rings is 1. The lowest BCUT2D eigenvalue weighted by Crippen LogP contribution is -2.39. The molecule has 0 saturated carbocycles. The summed E-state index contributed by atoms with van der Waals surface area (Å²) in [6.07, 6.45) is 3.18. The van der Waals surface area contributed by atoms with Gasteiger partial charge in [0.2, 0.25) is 5.82 Å². The maximum absolute atomic E-state index is 11.1. The number of hydrogen-bond acceptors (Lipinski definition) is 4. The lowest BCUT2D eigenvalue weighted by atomic mass is 9.78. The van der Waals surface area contributed by atoms with Gasteiger partial charge in [-0.15, -0.1) is 0 Å². The molecular weight excluding hydrogens is 266 g/mol. The molecular formula is C13H18ClN3O2. The first kappa shape index (κ1) is 14.1. The van der Waals surface area contributed by atoms with Gasteiger partial charge in [0.25, 0.3) is 0 Å². The molecule has 19 heavy (non-hydrogen) atoms. The molecule has 0 amide bonds. The summed E-state index contributed by atoms with van der Waals surface area (Å²) < 4.78 is 0. The molecule has 5 nitrogen and oxygen atoms in total. The quantitative estimate of drug-likeness (QED) is 0.482. The van der Waals surface area contributed by atoms with Crippen molar-refractivity contribution in [1.82, 2.24) is 4.98 Å². The molecule has 0 spiro atoms. The summed E-state index contributed by atoms with van der Waals surface area (Å²) in [6.45, 7) is 6.04. The molecule has 0 aliphatic carbocycles. The fourth-order valence-corrected chi connectivity index (χ4v) is 2.55. The highest BCUT2D eigenvalue weighted by Gasteiger charge is 2.31. The zero-order chi connectivity index (χ0) is 14.0. The van der Waals surface area contributed by atoms with E-state index in [-0.39, 0.29) is 5.69 Å². The van der Waals surface area contributed by atoms with E-state index >= 15 is 0 Å². The van der Waals surface area contributed by atoms with Crippen LogP contribution in [-0.2, 0) is 0 Å². The van der Waals surface area contributed by atoms with Gasteiger partial charge < -0.3 is 4.90 Å². The minimum Gasteiger partial charge on any atom is -0.351 e. The van der Waals surface area contributed by atoms with Crippen LogP contribution >= 0.6 is 11.6 Å².